The van der Waals surface area contributed by atoms with Crippen LogP contribution in [0, 0.1) is 12.8 Å². The topological polar surface area (TPSA) is 26.0 Å². The Morgan fingerprint density at radius 1 is 1.55 bits per heavy atom. The molecule has 0 atom stereocenters. The summed E-state index contributed by atoms with van der Waals surface area (Å²) in [6.07, 6.45) is 5.73. The van der Waals surface area contributed by atoms with Crippen molar-refractivity contribution in [2.75, 3.05) is 0 Å². The maximum Gasteiger partial charge on any atom is 0.191 e. The lowest BCUT2D eigenvalue weighted by Gasteiger charge is -1.89. The number of oxazole rings is 1. The third kappa shape index (κ3) is 2.58. The zero-order chi connectivity index (χ0) is 8.27. The predicted molar refractivity (Wildman–Crippen MR) is 45.1 cm³/mol. The largest absolute Gasteiger partial charge is 0.449 e. The Kier molecular flexibility index (Phi) is 2.47. The molecule has 0 saturated carbocycles. The minimum atomic E-state index is 0.562. The lowest BCUT2D eigenvalue weighted by Crippen LogP contribution is -1.77. The van der Waals surface area contributed by atoms with Gasteiger partial charge in [0.05, 0.1) is 0 Å². The molecule has 1 aromatic heterocycles. The highest BCUT2D eigenvalue weighted by Crippen LogP contribution is 2.04. The van der Waals surface area contributed by atoms with Gasteiger partial charge in [-0.05, 0) is 12.0 Å². The van der Waals surface area contributed by atoms with Crippen molar-refractivity contribution in [2.45, 2.75) is 20.8 Å². The molecule has 0 N–H and O–H groups in total. The zero-order valence-corrected chi connectivity index (χ0v) is 7.16. The molecule has 2 nitrogen and oxygen atoms in total. The summed E-state index contributed by atoms with van der Waals surface area (Å²) in [4.78, 5) is 4.13. The Morgan fingerprint density at radius 2 is 2.27 bits per heavy atom. The van der Waals surface area contributed by atoms with Crippen molar-refractivity contribution in [3.8, 4) is 0 Å². The van der Waals surface area contributed by atoms with Gasteiger partial charge < -0.3 is 4.42 Å². The quantitative estimate of drug-likeness (QED) is 0.649. The van der Waals surface area contributed by atoms with Crippen molar-refractivity contribution < 1.29 is 4.42 Å². The number of allylic oxidation sites excluding steroid dienone is 1. The smallest absolute Gasteiger partial charge is 0.191 e. The monoisotopic (exact) mass is 151 g/mol. The van der Waals surface area contributed by atoms with Crippen LogP contribution in [-0.2, 0) is 0 Å². The predicted octanol–water partition coefficient (Wildman–Crippen LogP) is 2.65. The van der Waals surface area contributed by atoms with E-state index in [1.54, 1.807) is 6.26 Å². The Morgan fingerprint density at radius 3 is 2.73 bits per heavy atom. The number of aromatic nitrogens is 1. The fourth-order valence-electron chi connectivity index (χ4n) is 0.748. The number of rotatable bonds is 2. The first-order valence-electron chi connectivity index (χ1n) is 3.79. The van der Waals surface area contributed by atoms with Gasteiger partial charge in [-0.15, -0.1) is 0 Å². The molecule has 0 amide bonds. The Labute approximate surface area is 66.9 Å². The number of hydrogen-bond acceptors (Lipinski definition) is 2. The summed E-state index contributed by atoms with van der Waals surface area (Å²) in [6.45, 7) is 6.10. The highest BCUT2D eigenvalue weighted by atomic mass is 16.3. The van der Waals surface area contributed by atoms with Gasteiger partial charge in [0, 0.05) is 6.92 Å². The molecule has 0 bridgehead atoms. The van der Waals surface area contributed by atoms with Crippen molar-refractivity contribution in [3.05, 3.63) is 23.9 Å². The van der Waals surface area contributed by atoms with Gasteiger partial charge in [-0.1, -0.05) is 19.9 Å². The summed E-state index contributed by atoms with van der Waals surface area (Å²) in [5.74, 6) is 1.28. The van der Waals surface area contributed by atoms with E-state index in [1.807, 2.05) is 13.0 Å². The van der Waals surface area contributed by atoms with Crippen molar-refractivity contribution >= 4 is 6.08 Å². The average molecular weight is 151 g/mol. The molecule has 0 fully saturated rings. The second kappa shape index (κ2) is 3.37. The molecule has 60 valence electrons. The Bertz CT molecular complexity index is 248. The van der Waals surface area contributed by atoms with Crippen LogP contribution in [0.2, 0.25) is 0 Å². The highest BCUT2D eigenvalue weighted by molar-refractivity contribution is 5.42. The van der Waals surface area contributed by atoms with E-state index in [-0.39, 0.29) is 0 Å². The van der Waals surface area contributed by atoms with Crippen molar-refractivity contribution in [2.24, 2.45) is 5.92 Å². The van der Waals surface area contributed by atoms with Crippen LogP contribution < -0.4 is 0 Å². The molecule has 0 radical (unpaired) electrons. The van der Waals surface area contributed by atoms with Crippen molar-refractivity contribution in [3.63, 3.8) is 0 Å². The van der Waals surface area contributed by atoms with Gasteiger partial charge in [0.1, 0.15) is 12.0 Å². The van der Waals surface area contributed by atoms with Crippen LogP contribution in [0.15, 0.2) is 16.8 Å². The first-order chi connectivity index (χ1) is 5.18. The molecular formula is C9H13NO. The van der Waals surface area contributed by atoms with E-state index >= 15 is 0 Å². The summed E-state index contributed by atoms with van der Waals surface area (Å²) < 4.78 is 5.03. The second-order valence-electron chi connectivity index (χ2n) is 2.89. The molecule has 1 aromatic rings. The highest BCUT2D eigenvalue weighted by Gasteiger charge is 1.93. The lowest BCUT2D eigenvalue weighted by atomic mass is 10.2. The van der Waals surface area contributed by atoms with Gasteiger partial charge in [0.25, 0.3) is 0 Å². The number of hydrogen-bond donors (Lipinski definition) is 0. The average Bonchev–Trinajstić information content (AvgIpc) is 2.31. The molecule has 0 aliphatic carbocycles. The summed E-state index contributed by atoms with van der Waals surface area (Å²) in [7, 11) is 0. The summed E-state index contributed by atoms with van der Waals surface area (Å²) in [5, 5.41) is 0. The van der Waals surface area contributed by atoms with Crippen LogP contribution in [-0.4, -0.2) is 4.98 Å². The van der Waals surface area contributed by atoms with Crippen molar-refractivity contribution in [1.82, 2.24) is 4.98 Å². The van der Waals surface area contributed by atoms with Gasteiger partial charge in [-0.25, -0.2) is 4.98 Å². The summed E-state index contributed by atoms with van der Waals surface area (Å²) in [6, 6.07) is 0. The van der Waals surface area contributed by atoms with Gasteiger partial charge in [0.2, 0.25) is 0 Å². The number of aryl methyl sites for hydroxylation is 1. The second-order valence-corrected chi connectivity index (χ2v) is 2.89. The van der Waals surface area contributed by atoms with E-state index in [1.165, 1.54) is 0 Å². The number of nitrogens with zero attached hydrogens (tertiary/aromatic N) is 1. The molecule has 0 aromatic carbocycles. The van der Waals surface area contributed by atoms with E-state index in [4.69, 9.17) is 4.42 Å². The first kappa shape index (κ1) is 8.05. The zero-order valence-electron chi connectivity index (χ0n) is 7.16. The fourth-order valence-corrected chi connectivity index (χ4v) is 0.748. The molecule has 0 saturated heterocycles. The molecule has 0 unspecified atom stereocenters. The standard InChI is InChI=1S/C9H13NO/c1-7(2)4-5-9-6-11-8(3)10-9/h4-7H,1-3H3. The molecule has 11 heavy (non-hydrogen) atoms. The van der Waals surface area contributed by atoms with E-state index in [0.717, 1.165) is 5.69 Å². The van der Waals surface area contributed by atoms with Gasteiger partial charge in [-0.3, -0.25) is 0 Å². The van der Waals surface area contributed by atoms with Crippen LogP contribution >= 0.6 is 0 Å². The van der Waals surface area contributed by atoms with Crippen LogP contribution in [0.3, 0.4) is 0 Å². The Hall–Kier alpha value is -1.05. The fraction of sp³-hybridized carbons (Fsp3) is 0.444. The molecule has 1 heterocycles. The molecule has 0 aliphatic heterocycles. The molecule has 1 rings (SSSR count). The van der Waals surface area contributed by atoms with Gasteiger partial charge >= 0.3 is 0 Å². The summed E-state index contributed by atoms with van der Waals surface area (Å²) in [5.41, 5.74) is 0.899. The third-order valence-electron chi connectivity index (χ3n) is 1.29. The van der Waals surface area contributed by atoms with Crippen molar-refractivity contribution in [1.29, 1.82) is 0 Å². The summed E-state index contributed by atoms with van der Waals surface area (Å²) >= 11 is 0. The van der Waals surface area contributed by atoms with Crippen LogP contribution in [0.4, 0.5) is 0 Å². The van der Waals surface area contributed by atoms with E-state index in [2.05, 4.69) is 24.9 Å². The maximum atomic E-state index is 5.03. The molecule has 0 spiro atoms. The minimum Gasteiger partial charge on any atom is -0.449 e. The first-order valence-corrected chi connectivity index (χ1v) is 3.79. The van der Waals surface area contributed by atoms with Crippen LogP contribution in [0.25, 0.3) is 6.08 Å². The lowest BCUT2D eigenvalue weighted by molar-refractivity contribution is 0.521. The molecule has 0 aliphatic rings. The molecule has 2 heteroatoms. The van der Waals surface area contributed by atoms with Crippen LogP contribution in [0.1, 0.15) is 25.4 Å². The van der Waals surface area contributed by atoms with Crippen LogP contribution in [0.5, 0.6) is 0 Å². The van der Waals surface area contributed by atoms with E-state index < -0.39 is 0 Å². The third-order valence-corrected chi connectivity index (χ3v) is 1.29. The van der Waals surface area contributed by atoms with E-state index in [0.29, 0.717) is 11.8 Å². The molecular weight excluding hydrogens is 138 g/mol. The maximum absolute atomic E-state index is 5.03. The van der Waals surface area contributed by atoms with E-state index in [9.17, 15) is 0 Å². The van der Waals surface area contributed by atoms with Gasteiger partial charge in [-0.2, -0.15) is 0 Å². The van der Waals surface area contributed by atoms with Gasteiger partial charge in [0.15, 0.2) is 5.89 Å². The Balaban J connectivity index is 2.64. The SMILES string of the molecule is Cc1nc(C=CC(C)C)co1. The normalized spacial score (nSPS) is 11.6. The minimum absolute atomic E-state index is 0.562.